The van der Waals surface area contributed by atoms with E-state index >= 15 is 0 Å². The number of nitriles is 1. The molecule has 0 saturated heterocycles. The summed E-state index contributed by atoms with van der Waals surface area (Å²) < 4.78 is 2.05. The van der Waals surface area contributed by atoms with Gasteiger partial charge in [-0.1, -0.05) is 6.07 Å². The summed E-state index contributed by atoms with van der Waals surface area (Å²) in [7, 11) is 0. The van der Waals surface area contributed by atoms with Crippen molar-refractivity contribution < 1.29 is 0 Å². The van der Waals surface area contributed by atoms with Gasteiger partial charge in [-0.05, 0) is 31.9 Å². The summed E-state index contributed by atoms with van der Waals surface area (Å²) in [5.41, 5.74) is 2.75. The van der Waals surface area contributed by atoms with Crippen molar-refractivity contribution in [1.82, 2.24) is 9.38 Å². The maximum atomic E-state index is 9.22. The molecule has 1 saturated carbocycles. The van der Waals surface area contributed by atoms with Crippen LogP contribution in [0.2, 0.25) is 0 Å². The predicted molar refractivity (Wildman–Crippen MR) is 56.5 cm³/mol. The van der Waals surface area contributed by atoms with Crippen molar-refractivity contribution in [2.24, 2.45) is 0 Å². The lowest BCUT2D eigenvalue weighted by atomic mass is 10.0. The number of aromatic nitrogens is 2. The molecule has 0 bridgehead atoms. The van der Waals surface area contributed by atoms with E-state index in [1.54, 1.807) is 0 Å². The molecule has 3 nitrogen and oxygen atoms in total. The van der Waals surface area contributed by atoms with Crippen LogP contribution in [0.5, 0.6) is 0 Å². The topological polar surface area (TPSA) is 41.1 Å². The number of pyridine rings is 1. The van der Waals surface area contributed by atoms with Crippen molar-refractivity contribution in [2.45, 2.75) is 25.2 Å². The van der Waals surface area contributed by atoms with E-state index in [1.165, 1.54) is 0 Å². The van der Waals surface area contributed by atoms with Gasteiger partial charge in [-0.15, -0.1) is 0 Å². The fourth-order valence-electron chi connectivity index (χ4n) is 2.22. The fourth-order valence-corrected chi connectivity index (χ4v) is 2.22. The Labute approximate surface area is 88.0 Å². The van der Waals surface area contributed by atoms with Crippen molar-refractivity contribution in [2.75, 3.05) is 0 Å². The number of hydrogen-bond acceptors (Lipinski definition) is 2. The van der Waals surface area contributed by atoms with Gasteiger partial charge in [0.1, 0.15) is 5.65 Å². The molecule has 2 aromatic rings. The van der Waals surface area contributed by atoms with Gasteiger partial charge in [-0.3, -0.25) is 0 Å². The van der Waals surface area contributed by atoms with Crippen molar-refractivity contribution in [3.8, 4) is 6.07 Å². The summed E-state index contributed by atoms with van der Waals surface area (Å²) in [4.78, 5) is 4.48. The van der Waals surface area contributed by atoms with Crippen LogP contribution in [0.4, 0.5) is 0 Å². The Kier molecular flexibility index (Phi) is 1.47. The number of nitrogens with zero attached hydrogens (tertiary/aromatic N) is 3. The summed E-state index contributed by atoms with van der Waals surface area (Å²) in [6.07, 6.45) is 3.92. The minimum atomic E-state index is -0.259. The Morgan fingerprint density at radius 3 is 2.93 bits per heavy atom. The number of fused-ring (bicyclic) bond motifs is 1. The van der Waals surface area contributed by atoms with Gasteiger partial charge in [0.05, 0.1) is 22.9 Å². The van der Waals surface area contributed by atoms with E-state index in [4.69, 9.17) is 0 Å². The van der Waals surface area contributed by atoms with Gasteiger partial charge in [0.15, 0.2) is 0 Å². The Morgan fingerprint density at radius 1 is 1.47 bits per heavy atom. The van der Waals surface area contributed by atoms with Crippen molar-refractivity contribution in [3.05, 3.63) is 35.8 Å². The van der Waals surface area contributed by atoms with Gasteiger partial charge < -0.3 is 4.40 Å². The Hall–Kier alpha value is -1.82. The lowest BCUT2D eigenvalue weighted by molar-refractivity contribution is 0.825. The average Bonchev–Trinajstić information content (AvgIpc) is 2.95. The summed E-state index contributed by atoms with van der Waals surface area (Å²) in [5, 5.41) is 9.22. The maximum Gasteiger partial charge on any atom is 0.137 e. The molecule has 0 amide bonds. The minimum absolute atomic E-state index is 0.259. The molecule has 1 aliphatic carbocycles. The van der Waals surface area contributed by atoms with Crippen LogP contribution in [-0.4, -0.2) is 9.38 Å². The zero-order valence-corrected chi connectivity index (χ0v) is 8.57. The van der Waals surface area contributed by atoms with Gasteiger partial charge in [-0.25, -0.2) is 4.98 Å². The predicted octanol–water partition coefficient (Wildman–Crippen LogP) is 2.20. The highest BCUT2D eigenvalue weighted by molar-refractivity contribution is 5.49. The molecule has 0 unspecified atom stereocenters. The second-order valence-electron chi connectivity index (χ2n) is 4.17. The molecule has 0 N–H and O–H groups in total. The van der Waals surface area contributed by atoms with Crippen LogP contribution in [0.3, 0.4) is 0 Å². The molecule has 2 aromatic heterocycles. The first kappa shape index (κ1) is 8.49. The van der Waals surface area contributed by atoms with Crippen LogP contribution in [0.25, 0.3) is 5.65 Å². The van der Waals surface area contributed by atoms with Gasteiger partial charge in [0, 0.05) is 6.20 Å². The molecular weight excluding hydrogens is 186 g/mol. The van der Waals surface area contributed by atoms with E-state index in [1.807, 2.05) is 35.7 Å². The molecule has 1 aliphatic rings. The SMILES string of the molecule is Cc1nc2ccccn2c1C1(C#N)CC1. The lowest BCUT2D eigenvalue weighted by Gasteiger charge is -2.06. The Morgan fingerprint density at radius 2 is 2.27 bits per heavy atom. The molecule has 3 rings (SSSR count). The molecule has 0 aliphatic heterocycles. The number of imidazole rings is 1. The third kappa shape index (κ3) is 1.02. The van der Waals surface area contributed by atoms with E-state index in [2.05, 4.69) is 11.1 Å². The molecule has 2 heterocycles. The number of aryl methyl sites for hydroxylation is 1. The third-order valence-corrected chi connectivity index (χ3v) is 3.12. The van der Waals surface area contributed by atoms with Crippen LogP contribution in [0.15, 0.2) is 24.4 Å². The Balaban J connectivity index is 2.35. The molecule has 0 atom stereocenters. The maximum absolute atomic E-state index is 9.22. The Bertz CT molecular complexity index is 570. The summed E-state index contributed by atoms with van der Waals surface area (Å²) in [6, 6.07) is 8.35. The first-order valence-electron chi connectivity index (χ1n) is 5.12. The normalized spacial score (nSPS) is 17.6. The zero-order valence-electron chi connectivity index (χ0n) is 8.57. The van der Waals surface area contributed by atoms with Gasteiger partial charge in [0.25, 0.3) is 0 Å². The monoisotopic (exact) mass is 197 g/mol. The van der Waals surface area contributed by atoms with E-state index in [-0.39, 0.29) is 5.41 Å². The van der Waals surface area contributed by atoms with Gasteiger partial charge in [-0.2, -0.15) is 5.26 Å². The molecular formula is C12H11N3. The molecule has 74 valence electrons. The second kappa shape index (κ2) is 2.60. The van der Waals surface area contributed by atoms with Crippen molar-refractivity contribution in [3.63, 3.8) is 0 Å². The van der Waals surface area contributed by atoms with E-state index in [0.717, 1.165) is 29.9 Å². The van der Waals surface area contributed by atoms with E-state index in [0.29, 0.717) is 0 Å². The minimum Gasteiger partial charge on any atom is -0.302 e. The molecule has 1 fully saturated rings. The standard InChI is InChI=1S/C12H11N3/c1-9-11(12(8-13)5-6-12)15-7-3-2-4-10(15)14-9/h2-4,7H,5-6H2,1H3. The molecule has 3 heteroatoms. The first-order chi connectivity index (χ1) is 7.27. The van der Waals surface area contributed by atoms with Gasteiger partial charge >= 0.3 is 0 Å². The van der Waals surface area contributed by atoms with E-state index < -0.39 is 0 Å². The van der Waals surface area contributed by atoms with Crippen LogP contribution in [0.1, 0.15) is 24.2 Å². The third-order valence-electron chi connectivity index (χ3n) is 3.12. The van der Waals surface area contributed by atoms with Crippen LogP contribution >= 0.6 is 0 Å². The molecule has 0 radical (unpaired) electrons. The summed E-state index contributed by atoms with van der Waals surface area (Å²) in [5.74, 6) is 0. The molecule has 0 spiro atoms. The van der Waals surface area contributed by atoms with Crippen molar-refractivity contribution >= 4 is 5.65 Å². The fraction of sp³-hybridized carbons (Fsp3) is 0.333. The molecule has 15 heavy (non-hydrogen) atoms. The summed E-state index contributed by atoms with van der Waals surface area (Å²) >= 11 is 0. The lowest BCUT2D eigenvalue weighted by Crippen LogP contribution is -2.08. The number of hydrogen-bond donors (Lipinski definition) is 0. The zero-order chi connectivity index (χ0) is 10.5. The van der Waals surface area contributed by atoms with Crippen LogP contribution < -0.4 is 0 Å². The van der Waals surface area contributed by atoms with E-state index in [9.17, 15) is 5.26 Å². The largest absolute Gasteiger partial charge is 0.302 e. The van der Waals surface area contributed by atoms with Crippen LogP contribution in [-0.2, 0) is 5.41 Å². The highest BCUT2D eigenvalue weighted by Gasteiger charge is 2.48. The first-order valence-corrected chi connectivity index (χ1v) is 5.12. The quantitative estimate of drug-likeness (QED) is 0.703. The smallest absolute Gasteiger partial charge is 0.137 e. The summed E-state index contributed by atoms with van der Waals surface area (Å²) in [6.45, 7) is 1.99. The molecule has 0 aromatic carbocycles. The second-order valence-corrected chi connectivity index (χ2v) is 4.17. The highest BCUT2D eigenvalue weighted by atomic mass is 15.0. The average molecular weight is 197 g/mol. The highest BCUT2D eigenvalue weighted by Crippen LogP contribution is 2.48. The van der Waals surface area contributed by atoms with Crippen LogP contribution in [0, 0.1) is 18.3 Å². The van der Waals surface area contributed by atoms with Crippen molar-refractivity contribution in [1.29, 1.82) is 5.26 Å². The van der Waals surface area contributed by atoms with Gasteiger partial charge in [0.2, 0.25) is 0 Å². The number of rotatable bonds is 1.